The minimum atomic E-state index is -0.410. The van der Waals surface area contributed by atoms with Gasteiger partial charge in [-0.3, -0.25) is 10.1 Å². The summed E-state index contributed by atoms with van der Waals surface area (Å²) in [5.41, 5.74) is 3.05. The van der Waals surface area contributed by atoms with Gasteiger partial charge >= 0.3 is 0 Å². The Balaban J connectivity index is 2.11. The maximum absolute atomic E-state index is 11.1. The zero-order chi connectivity index (χ0) is 16.4. The van der Waals surface area contributed by atoms with Crippen molar-refractivity contribution >= 4 is 5.69 Å². The molecular formula is C16H20N4O3. The van der Waals surface area contributed by atoms with Gasteiger partial charge in [0.1, 0.15) is 5.69 Å². The molecule has 1 saturated carbocycles. The minimum Gasteiger partial charge on any atom is -0.390 e. The predicted octanol–water partition coefficient (Wildman–Crippen LogP) is 3.02. The monoisotopic (exact) mass is 316 g/mol. The SMILES string of the molecule is Cc1ccc([N+](=O)[O-])cc1-n1nnc(CO)c1C1CCCCC1. The van der Waals surface area contributed by atoms with Gasteiger partial charge in [0.05, 0.1) is 22.9 Å². The van der Waals surface area contributed by atoms with E-state index in [4.69, 9.17) is 0 Å². The van der Waals surface area contributed by atoms with Gasteiger partial charge in [0.25, 0.3) is 5.69 Å². The van der Waals surface area contributed by atoms with Crippen molar-refractivity contribution in [2.75, 3.05) is 0 Å². The number of nitro groups is 1. The van der Waals surface area contributed by atoms with Gasteiger partial charge < -0.3 is 5.11 Å². The van der Waals surface area contributed by atoms with Gasteiger partial charge in [-0.2, -0.15) is 0 Å². The molecule has 2 aromatic rings. The number of aromatic nitrogens is 3. The van der Waals surface area contributed by atoms with Crippen LogP contribution in [-0.4, -0.2) is 25.0 Å². The topological polar surface area (TPSA) is 94.1 Å². The zero-order valence-corrected chi connectivity index (χ0v) is 13.1. The quantitative estimate of drug-likeness (QED) is 0.691. The number of hydrogen-bond acceptors (Lipinski definition) is 5. The molecule has 0 spiro atoms. The van der Waals surface area contributed by atoms with Gasteiger partial charge in [0.15, 0.2) is 0 Å². The summed E-state index contributed by atoms with van der Waals surface area (Å²) in [6.07, 6.45) is 5.59. The fraction of sp³-hybridized carbons (Fsp3) is 0.500. The molecule has 0 amide bonds. The van der Waals surface area contributed by atoms with Crippen LogP contribution in [0.2, 0.25) is 0 Å². The van der Waals surface area contributed by atoms with Crippen LogP contribution in [0.25, 0.3) is 5.69 Å². The Morgan fingerprint density at radius 2 is 2.09 bits per heavy atom. The molecule has 0 unspecified atom stereocenters. The van der Waals surface area contributed by atoms with E-state index >= 15 is 0 Å². The lowest BCUT2D eigenvalue weighted by molar-refractivity contribution is -0.384. The molecule has 1 aliphatic rings. The van der Waals surface area contributed by atoms with E-state index in [1.807, 2.05) is 6.92 Å². The maximum atomic E-state index is 11.1. The Kier molecular flexibility index (Phi) is 4.38. The van der Waals surface area contributed by atoms with E-state index in [1.165, 1.54) is 18.6 Å². The maximum Gasteiger partial charge on any atom is 0.271 e. The predicted molar refractivity (Wildman–Crippen MR) is 84.5 cm³/mol. The van der Waals surface area contributed by atoms with Crippen LogP contribution in [-0.2, 0) is 6.61 Å². The van der Waals surface area contributed by atoms with Gasteiger partial charge in [-0.1, -0.05) is 30.5 Å². The van der Waals surface area contributed by atoms with Gasteiger partial charge in [0.2, 0.25) is 0 Å². The fourth-order valence-electron chi connectivity index (χ4n) is 3.34. The number of benzene rings is 1. The highest BCUT2D eigenvalue weighted by atomic mass is 16.6. The van der Waals surface area contributed by atoms with Crippen molar-refractivity contribution in [1.82, 2.24) is 15.0 Å². The second-order valence-electron chi connectivity index (χ2n) is 6.05. The lowest BCUT2D eigenvalue weighted by Gasteiger charge is -2.23. The smallest absolute Gasteiger partial charge is 0.271 e. The van der Waals surface area contributed by atoms with Gasteiger partial charge in [-0.25, -0.2) is 4.68 Å². The second-order valence-corrected chi connectivity index (χ2v) is 6.05. The number of non-ortho nitro benzene ring substituents is 1. The molecule has 1 heterocycles. The van der Waals surface area contributed by atoms with Crippen LogP contribution in [0.3, 0.4) is 0 Å². The van der Waals surface area contributed by atoms with Crippen molar-refractivity contribution in [3.05, 3.63) is 45.3 Å². The molecule has 1 aliphatic carbocycles. The van der Waals surface area contributed by atoms with E-state index in [1.54, 1.807) is 10.7 Å². The average Bonchev–Trinajstić information content (AvgIpc) is 2.99. The van der Waals surface area contributed by atoms with Crippen molar-refractivity contribution in [3.8, 4) is 5.69 Å². The van der Waals surface area contributed by atoms with E-state index < -0.39 is 4.92 Å². The van der Waals surface area contributed by atoms with Crippen LogP contribution >= 0.6 is 0 Å². The molecule has 7 heteroatoms. The van der Waals surface area contributed by atoms with Gasteiger partial charge in [-0.05, 0) is 25.3 Å². The summed E-state index contributed by atoms with van der Waals surface area (Å²) in [6, 6.07) is 4.74. The Hall–Kier alpha value is -2.28. The van der Waals surface area contributed by atoms with E-state index in [0.717, 1.165) is 36.9 Å². The van der Waals surface area contributed by atoms with Crippen molar-refractivity contribution in [3.63, 3.8) is 0 Å². The number of aryl methyl sites for hydroxylation is 1. The zero-order valence-electron chi connectivity index (χ0n) is 13.1. The normalized spacial score (nSPS) is 15.7. The van der Waals surface area contributed by atoms with Crippen LogP contribution in [0.15, 0.2) is 18.2 Å². The summed E-state index contributed by atoms with van der Waals surface area (Å²) in [6.45, 7) is 1.73. The molecule has 0 radical (unpaired) electrons. The lowest BCUT2D eigenvalue weighted by Crippen LogP contribution is -2.13. The summed E-state index contributed by atoms with van der Waals surface area (Å²) in [7, 11) is 0. The summed E-state index contributed by atoms with van der Waals surface area (Å²) in [4.78, 5) is 10.7. The summed E-state index contributed by atoms with van der Waals surface area (Å²) >= 11 is 0. The third-order valence-electron chi connectivity index (χ3n) is 4.55. The van der Waals surface area contributed by atoms with Crippen LogP contribution in [0.1, 0.15) is 55.0 Å². The van der Waals surface area contributed by atoms with E-state index in [-0.39, 0.29) is 12.3 Å². The van der Waals surface area contributed by atoms with Crippen LogP contribution in [0.5, 0.6) is 0 Å². The molecule has 7 nitrogen and oxygen atoms in total. The molecule has 0 saturated heterocycles. The first-order valence-corrected chi connectivity index (χ1v) is 7.92. The Morgan fingerprint density at radius 1 is 1.35 bits per heavy atom. The number of aliphatic hydroxyl groups is 1. The lowest BCUT2D eigenvalue weighted by atomic mass is 9.86. The summed E-state index contributed by atoms with van der Waals surface area (Å²) < 4.78 is 1.68. The van der Waals surface area contributed by atoms with E-state index in [0.29, 0.717) is 17.3 Å². The molecule has 0 bridgehead atoms. The first kappa shape index (κ1) is 15.6. The molecular weight excluding hydrogens is 296 g/mol. The Bertz CT molecular complexity index is 720. The average molecular weight is 316 g/mol. The number of aliphatic hydroxyl groups excluding tert-OH is 1. The Morgan fingerprint density at radius 3 is 2.74 bits per heavy atom. The molecule has 122 valence electrons. The molecule has 1 N–H and O–H groups in total. The summed E-state index contributed by atoms with van der Waals surface area (Å²) in [5, 5.41) is 28.9. The van der Waals surface area contributed by atoms with Crippen molar-refractivity contribution < 1.29 is 10.0 Å². The van der Waals surface area contributed by atoms with Gasteiger partial charge in [0, 0.05) is 18.1 Å². The molecule has 1 aromatic carbocycles. The summed E-state index contributed by atoms with van der Waals surface area (Å²) in [5.74, 6) is 0.291. The number of rotatable bonds is 4. The molecule has 0 atom stereocenters. The van der Waals surface area contributed by atoms with Gasteiger partial charge in [-0.15, -0.1) is 5.10 Å². The van der Waals surface area contributed by atoms with Crippen molar-refractivity contribution in [2.45, 2.75) is 51.6 Å². The first-order valence-electron chi connectivity index (χ1n) is 7.92. The third-order valence-corrected chi connectivity index (χ3v) is 4.55. The van der Waals surface area contributed by atoms with Crippen molar-refractivity contribution in [2.24, 2.45) is 0 Å². The number of nitro benzene ring substituents is 1. The highest BCUT2D eigenvalue weighted by Gasteiger charge is 2.26. The second kappa shape index (κ2) is 6.45. The standard InChI is InChI=1S/C16H20N4O3/c1-11-7-8-13(20(22)23)9-15(11)19-16(14(10-21)17-18-19)12-5-3-2-4-6-12/h7-9,12,21H,2-6,10H2,1H3. The van der Waals surface area contributed by atoms with Crippen LogP contribution < -0.4 is 0 Å². The highest BCUT2D eigenvalue weighted by Crippen LogP contribution is 2.35. The first-order chi connectivity index (χ1) is 11.1. The molecule has 0 aliphatic heterocycles. The molecule has 23 heavy (non-hydrogen) atoms. The molecule has 1 aromatic heterocycles. The number of hydrogen-bond donors (Lipinski definition) is 1. The molecule has 1 fully saturated rings. The minimum absolute atomic E-state index is 0.0289. The van der Waals surface area contributed by atoms with Crippen molar-refractivity contribution in [1.29, 1.82) is 0 Å². The Labute approximate surface area is 134 Å². The fourth-order valence-corrected chi connectivity index (χ4v) is 3.34. The third kappa shape index (κ3) is 2.96. The molecule has 3 rings (SSSR count). The highest BCUT2D eigenvalue weighted by molar-refractivity contribution is 5.49. The number of nitrogens with zero attached hydrogens (tertiary/aromatic N) is 4. The van der Waals surface area contributed by atoms with E-state index in [9.17, 15) is 15.2 Å². The largest absolute Gasteiger partial charge is 0.390 e. The van der Waals surface area contributed by atoms with Crippen LogP contribution in [0, 0.1) is 17.0 Å². The van der Waals surface area contributed by atoms with Crippen LogP contribution in [0.4, 0.5) is 5.69 Å². The van der Waals surface area contributed by atoms with E-state index in [2.05, 4.69) is 10.3 Å².